The number of hydrogen-bond donors (Lipinski definition) is 2. The lowest BCUT2D eigenvalue weighted by molar-refractivity contribution is 0.694. The van der Waals surface area contributed by atoms with E-state index in [1.54, 1.807) is 0 Å². The summed E-state index contributed by atoms with van der Waals surface area (Å²) in [6, 6.07) is 19.8. The summed E-state index contributed by atoms with van der Waals surface area (Å²) < 4.78 is 0. The van der Waals surface area contributed by atoms with Crippen molar-refractivity contribution in [3.8, 4) is 0 Å². The number of aromatic nitrogens is 1. The summed E-state index contributed by atoms with van der Waals surface area (Å²) in [4.78, 5) is 3.20. The molecule has 89 valence electrons. The summed E-state index contributed by atoms with van der Waals surface area (Å²) in [5.41, 5.74) is 3.76. The van der Waals surface area contributed by atoms with Gasteiger partial charge in [-0.05, 0) is 46.8 Å². The van der Waals surface area contributed by atoms with Crippen LogP contribution >= 0.6 is 0 Å². The molecular weight excluding hydrogens is 220 g/mol. The van der Waals surface area contributed by atoms with Gasteiger partial charge in [0.25, 0.3) is 0 Å². The molecule has 2 nitrogen and oxygen atoms in total. The lowest BCUT2D eigenvalue weighted by Gasteiger charge is -2.05. The fourth-order valence-electron chi connectivity index (χ4n) is 2.10. The normalized spacial score (nSPS) is 10.9. The molecule has 3 aromatic rings. The minimum atomic E-state index is 0.877. The summed E-state index contributed by atoms with van der Waals surface area (Å²) in [7, 11) is 0. The maximum atomic E-state index is 3.44. The van der Waals surface area contributed by atoms with Crippen LogP contribution in [0.15, 0.2) is 54.7 Å². The molecule has 0 amide bonds. The zero-order valence-electron chi connectivity index (χ0n) is 10.1. The molecule has 0 saturated heterocycles. The highest BCUT2D eigenvalue weighted by atomic mass is 14.8. The van der Waals surface area contributed by atoms with Crippen molar-refractivity contribution >= 4 is 10.9 Å². The Hall–Kier alpha value is -2.06. The van der Waals surface area contributed by atoms with Gasteiger partial charge in [0, 0.05) is 24.8 Å². The van der Waals surface area contributed by atoms with Gasteiger partial charge in [0.2, 0.25) is 0 Å². The molecule has 0 unspecified atom stereocenters. The molecule has 2 aromatic carbocycles. The van der Waals surface area contributed by atoms with Gasteiger partial charge in [-0.15, -0.1) is 0 Å². The Bertz CT molecular complexity index is 626. The first-order valence-electron chi connectivity index (χ1n) is 6.13. The highest BCUT2D eigenvalue weighted by Gasteiger charge is 1.97. The Kier molecular flexibility index (Phi) is 3.11. The van der Waals surface area contributed by atoms with Crippen molar-refractivity contribution in [1.29, 1.82) is 0 Å². The van der Waals surface area contributed by atoms with E-state index in [2.05, 4.69) is 46.7 Å². The molecule has 3 rings (SSSR count). The van der Waals surface area contributed by atoms with E-state index in [1.165, 1.54) is 22.0 Å². The molecule has 0 bridgehead atoms. The topological polar surface area (TPSA) is 27.8 Å². The van der Waals surface area contributed by atoms with Crippen molar-refractivity contribution in [1.82, 2.24) is 10.3 Å². The second kappa shape index (κ2) is 5.07. The zero-order valence-corrected chi connectivity index (χ0v) is 10.1. The fourth-order valence-corrected chi connectivity index (χ4v) is 2.10. The SMILES string of the molecule is [c]1cccc(CNCc2ccc3[nH]ccc3c2)c1. The lowest BCUT2D eigenvalue weighted by Crippen LogP contribution is -2.12. The van der Waals surface area contributed by atoms with E-state index in [-0.39, 0.29) is 0 Å². The number of H-pyrrole nitrogens is 1. The summed E-state index contributed by atoms with van der Waals surface area (Å²) in [6.07, 6.45) is 1.97. The summed E-state index contributed by atoms with van der Waals surface area (Å²) in [6.45, 7) is 1.76. The van der Waals surface area contributed by atoms with Gasteiger partial charge >= 0.3 is 0 Å². The minimum Gasteiger partial charge on any atom is -0.361 e. The van der Waals surface area contributed by atoms with Gasteiger partial charge < -0.3 is 10.3 Å². The van der Waals surface area contributed by atoms with Gasteiger partial charge in [-0.2, -0.15) is 0 Å². The molecular formula is C16H15N2. The lowest BCUT2D eigenvalue weighted by atomic mass is 10.1. The first kappa shape index (κ1) is 11.1. The molecule has 1 heterocycles. The van der Waals surface area contributed by atoms with Crippen LogP contribution in [0.3, 0.4) is 0 Å². The molecule has 2 heteroatoms. The molecule has 0 aliphatic carbocycles. The van der Waals surface area contributed by atoms with Crippen LogP contribution in [0.25, 0.3) is 10.9 Å². The van der Waals surface area contributed by atoms with E-state index >= 15 is 0 Å². The van der Waals surface area contributed by atoms with Crippen molar-refractivity contribution in [3.05, 3.63) is 71.9 Å². The van der Waals surface area contributed by atoms with Gasteiger partial charge in [-0.25, -0.2) is 0 Å². The van der Waals surface area contributed by atoms with Crippen molar-refractivity contribution in [2.45, 2.75) is 13.1 Å². The van der Waals surface area contributed by atoms with Crippen LogP contribution in [0.1, 0.15) is 11.1 Å². The Morgan fingerprint density at radius 2 is 2.00 bits per heavy atom. The van der Waals surface area contributed by atoms with Crippen LogP contribution in [0, 0.1) is 6.07 Å². The Morgan fingerprint density at radius 1 is 1.06 bits per heavy atom. The van der Waals surface area contributed by atoms with Crippen molar-refractivity contribution in [3.63, 3.8) is 0 Å². The molecule has 0 spiro atoms. The third-order valence-corrected chi connectivity index (χ3v) is 3.05. The van der Waals surface area contributed by atoms with Crippen LogP contribution < -0.4 is 5.32 Å². The molecule has 1 aromatic heterocycles. The molecule has 0 saturated carbocycles. The van der Waals surface area contributed by atoms with Crippen molar-refractivity contribution in [2.75, 3.05) is 0 Å². The molecule has 0 aliphatic heterocycles. The smallest absolute Gasteiger partial charge is 0.0454 e. The Morgan fingerprint density at radius 3 is 2.89 bits per heavy atom. The van der Waals surface area contributed by atoms with E-state index in [4.69, 9.17) is 0 Å². The van der Waals surface area contributed by atoms with Crippen LogP contribution in [-0.4, -0.2) is 4.98 Å². The number of nitrogens with one attached hydrogen (secondary N) is 2. The third-order valence-electron chi connectivity index (χ3n) is 3.05. The maximum absolute atomic E-state index is 3.44. The standard InChI is InChI=1S/C16H15N2/c1-2-4-13(5-3-1)11-17-12-14-6-7-16-15(10-14)8-9-18-16/h1-2,4-10,17-18H,11-12H2. The first-order chi connectivity index (χ1) is 8.92. The number of aromatic amines is 1. The van der Waals surface area contributed by atoms with Gasteiger partial charge in [0.1, 0.15) is 0 Å². The van der Waals surface area contributed by atoms with Gasteiger partial charge in [0.05, 0.1) is 0 Å². The van der Waals surface area contributed by atoms with Crippen LogP contribution in [-0.2, 0) is 13.1 Å². The van der Waals surface area contributed by atoms with E-state index in [9.17, 15) is 0 Å². The number of hydrogen-bond acceptors (Lipinski definition) is 1. The van der Waals surface area contributed by atoms with Gasteiger partial charge in [-0.3, -0.25) is 0 Å². The molecule has 0 aliphatic rings. The van der Waals surface area contributed by atoms with Crippen LogP contribution in [0.2, 0.25) is 0 Å². The molecule has 0 fully saturated rings. The van der Waals surface area contributed by atoms with E-state index in [0.29, 0.717) is 0 Å². The largest absolute Gasteiger partial charge is 0.361 e. The average Bonchev–Trinajstić information content (AvgIpc) is 2.87. The van der Waals surface area contributed by atoms with Crippen molar-refractivity contribution in [2.24, 2.45) is 0 Å². The summed E-state index contributed by atoms with van der Waals surface area (Å²) in [5.74, 6) is 0. The van der Waals surface area contributed by atoms with Crippen LogP contribution in [0.5, 0.6) is 0 Å². The monoisotopic (exact) mass is 235 g/mol. The second-order valence-corrected chi connectivity index (χ2v) is 4.41. The molecule has 2 N–H and O–H groups in total. The number of benzene rings is 2. The predicted molar refractivity (Wildman–Crippen MR) is 74.1 cm³/mol. The van der Waals surface area contributed by atoms with Gasteiger partial charge in [0.15, 0.2) is 0 Å². The van der Waals surface area contributed by atoms with Crippen molar-refractivity contribution < 1.29 is 0 Å². The summed E-state index contributed by atoms with van der Waals surface area (Å²) in [5, 5.41) is 4.71. The van der Waals surface area contributed by atoms with Crippen LogP contribution in [0.4, 0.5) is 0 Å². The molecule has 1 radical (unpaired) electrons. The second-order valence-electron chi connectivity index (χ2n) is 4.41. The highest BCUT2D eigenvalue weighted by molar-refractivity contribution is 5.79. The number of rotatable bonds is 4. The maximum Gasteiger partial charge on any atom is 0.0454 e. The Balaban J connectivity index is 1.62. The zero-order chi connectivity index (χ0) is 12.2. The average molecular weight is 235 g/mol. The Labute approximate surface area is 107 Å². The quantitative estimate of drug-likeness (QED) is 0.713. The van der Waals surface area contributed by atoms with E-state index in [1.807, 2.05) is 24.4 Å². The van der Waals surface area contributed by atoms with E-state index < -0.39 is 0 Å². The fraction of sp³-hybridized carbons (Fsp3) is 0.125. The predicted octanol–water partition coefficient (Wildman–Crippen LogP) is 3.26. The molecule has 0 atom stereocenters. The van der Waals surface area contributed by atoms with Gasteiger partial charge in [-0.1, -0.05) is 24.3 Å². The molecule has 18 heavy (non-hydrogen) atoms. The summed E-state index contributed by atoms with van der Waals surface area (Å²) >= 11 is 0. The highest BCUT2D eigenvalue weighted by Crippen LogP contribution is 2.14. The minimum absolute atomic E-state index is 0.877. The third kappa shape index (κ3) is 2.44. The van der Waals surface area contributed by atoms with E-state index in [0.717, 1.165) is 13.1 Å². The number of fused-ring (bicyclic) bond motifs is 1. The first-order valence-corrected chi connectivity index (χ1v) is 6.13.